The third-order valence-electron chi connectivity index (χ3n) is 4.31. The van der Waals surface area contributed by atoms with Gasteiger partial charge in [0.15, 0.2) is 0 Å². The van der Waals surface area contributed by atoms with Crippen molar-refractivity contribution < 1.29 is 14.6 Å². The molecule has 1 fully saturated rings. The number of nitrogens with one attached hydrogen (secondary N) is 2. The van der Waals surface area contributed by atoms with Crippen LogP contribution in [0.3, 0.4) is 0 Å². The highest BCUT2D eigenvalue weighted by molar-refractivity contribution is 5.94. The maximum atomic E-state index is 11.9. The molecule has 0 saturated carbocycles. The van der Waals surface area contributed by atoms with E-state index < -0.39 is 4.92 Å². The fourth-order valence-corrected chi connectivity index (χ4v) is 2.80. The average molecular weight is 306 g/mol. The van der Waals surface area contributed by atoms with Gasteiger partial charge in [0.05, 0.1) is 24.6 Å². The maximum absolute atomic E-state index is 11.9. The second kappa shape index (κ2) is 7.89. The van der Waals surface area contributed by atoms with Crippen LogP contribution in [0.2, 0.25) is 0 Å². The molecule has 1 aliphatic heterocycles. The van der Waals surface area contributed by atoms with Crippen LogP contribution < -0.4 is 10.2 Å². The van der Waals surface area contributed by atoms with E-state index in [1.165, 1.54) is 50.2 Å². The molecular formula is C16H24N3O3+. The predicted molar refractivity (Wildman–Crippen MR) is 84.0 cm³/mol. The van der Waals surface area contributed by atoms with E-state index in [2.05, 4.69) is 12.2 Å². The minimum absolute atomic E-state index is 0.000484. The summed E-state index contributed by atoms with van der Waals surface area (Å²) in [6, 6.07) is 5.69. The van der Waals surface area contributed by atoms with E-state index in [0.29, 0.717) is 12.1 Å². The lowest BCUT2D eigenvalue weighted by atomic mass is 9.99. The molecule has 1 aliphatic rings. The molecule has 0 atom stereocenters. The Bertz CT molecular complexity index is 508. The van der Waals surface area contributed by atoms with Gasteiger partial charge in [0.25, 0.3) is 11.6 Å². The highest BCUT2D eigenvalue weighted by atomic mass is 16.6. The quantitative estimate of drug-likeness (QED) is 0.468. The zero-order chi connectivity index (χ0) is 15.9. The lowest BCUT2D eigenvalue weighted by molar-refractivity contribution is -0.906. The van der Waals surface area contributed by atoms with Gasteiger partial charge in [0.1, 0.15) is 0 Å². The number of quaternary nitrogens is 1. The summed E-state index contributed by atoms with van der Waals surface area (Å²) >= 11 is 0. The van der Waals surface area contributed by atoms with E-state index >= 15 is 0 Å². The third-order valence-corrected chi connectivity index (χ3v) is 4.31. The Hall–Kier alpha value is -1.95. The first-order chi connectivity index (χ1) is 10.6. The minimum atomic E-state index is -0.468. The van der Waals surface area contributed by atoms with Gasteiger partial charge in [-0.05, 0) is 30.9 Å². The fraction of sp³-hybridized carbons (Fsp3) is 0.562. The Labute approximate surface area is 130 Å². The summed E-state index contributed by atoms with van der Waals surface area (Å²) in [7, 11) is 0. The number of likely N-dealkylation sites (tertiary alicyclic amines) is 1. The van der Waals surface area contributed by atoms with Crippen molar-refractivity contribution in [2.45, 2.75) is 26.2 Å². The van der Waals surface area contributed by atoms with Crippen molar-refractivity contribution in [2.24, 2.45) is 5.92 Å². The molecule has 22 heavy (non-hydrogen) atoms. The van der Waals surface area contributed by atoms with Crippen molar-refractivity contribution >= 4 is 11.6 Å². The van der Waals surface area contributed by atoms with Crippen molar-refractivity contribution in [3.05, 3.63) is 39.9 Å². The van der Waals surface area contributed by atoms with Crippen LogP contribution in [0, 0.1) is 16.0 Å². The topological polar surface area (TPSA) is 76.7 Å². The summed E-state index contributed by atoms with van der Waals surface area (Å²) < 4.78 is 0. The minimum Gasteiger partial charge on any atom is -0.352 e. The molecule has 6 heteroatoms. The summed E-state index contributed by atoms with van der Waals surface area (Å²) in [5, 5.41) is 13.4. The molecule has 0 aliphatic carbocycles. The fourth-order valence-electron chi connectivity index (χ4n) is 2.80. The van der Waals surface area contributed by atoms with Gasteiger partial charge in [-0.15, -0.1) is 0 Å². The molecule has 1 heterocycles. The van der Waals surface area contributed by atoms with Crippen molar-refractivity contribution in [3.8, 4) is 0 Å². The second-order valence-corrected chi connectivity index (χ2v) is 6.10. The number of piperidine rings is 1. The first kappa shape index (κ1) is 16.4. The maximum Gasteiger partial charge on any atom is 0.269 e. The number of benzene rings is 1. The molecule has 1 amide bonds. The van der Waals surface area contributed by atoms with Gasteiger partial charge in [-0.25, -0.2) is 0 Å². The summed E-state index contributed by atoms with van der Waals surface area (Å²) in [6.07, 6.45) is 3.55. The standard InChI is InChI=1S/C16H23N3O3/c1-13-7-11-18(12-8-13)10-2-9-17-16(20)14-3-5-15(6-4-14)19(21)22/h3-6,13H,2,7-12H2,1H3,(H,17,20)/p+1. The molecular weight excluding hydrogens is 282 g/mol. The number of rotatable bonds is 6. The molecule has 0 aromatic heterocycles. The number of nitro benzene ring substituents is 1. The van der Waals surface area contributed by atoms with Crippen LogP contribution >= 0.6 is 0 Å². The van der Waals surface area contributed by atoms with Crippen LogP contribution in [0.5, 0.6) is 0 Å². The summed E-state index contributed by atoms with van der Waals surface area (Å²) in [4.78, 5) is 23.7. The van der Waals surface area contributed by atoms with E-state index in [4.69, 9.17) is 0 Å². The molecule has 0 bridgehead atoms. The third kappa shape index (κ3) is 4.80. The SMILES string of the molecule is CC1CC[NH+](CCCNC(=O)c2ccc([N+](=O)[O-])cc2)CC1. The molecule has 0 unspecified atom stereocenters. The number of nitrogens with zero attached hydrogens (tertiary/aromatic N) is 1. The smallest absolute Gasteiger partial charge is 0.269 e. The van der Waals surface area contributed by atoms with Crippen LogP contribution in [0.1, 0.15) is 36.5 Å². The van der Waals surface area contributed by atoms with Crippen LogP contribution in [0.4, 0.5) is 5.69 Å². The van der Waals surface area contributed by atoms with Crippen LogP contribution in [0.25, 0.3) is 0 Å². The Balaban J connectivity index is 1.68. The highest BCUT2D eigenvalue weighted by Crippen LogP contribution is 2.11. The Morgan fingerprint density at radius 3 is 2.55 bits per heavy atom. The summed E-state index contributed by atoms with van der Waals surface area (Å²) in [5.74, 6) is 0.683. The van der Waals surface area contributed by atoms with Crippen molar-refractivity contribution in [1.29, 1.82) is 0 Å². The number of non-ortho nitro benzene ring substituents is 1. The first-order valence-electron chi connectivity index (χ1n) is 7.92. The first-order valence-corrected chi connectivity index (χ1v) is 7.92. The van der Waals surface area contributed by atoms with E-state index in [0.717, 1.165) is 18.9 Å². The molecule has 0 radical (unpaired) electrons. The molecule has 1 saturated heterocycles. The number of hydrogen-bond donors (Lipinski definition) is 2. The monoisotopic (exact) mass is 306 g/mol. The van der Waals surface area contributed by atoms with Gasteiger partial charge in [-0.2, -0.15) is 0 Å². The zero-order valence-corrected chi connectivity index (χ0v) is 13.0. The van der Waals surface area contributed by atoms with Crippen LogP contribution in [0.15, 0.2) is 24.3 Å². The van der Waals surface area contributed by atoms with Crippen LogP contribution in [-0.2, 0) is 0 Å². The van der Waals surface area contributed by atoms with Crippen molar-refractivity contribution in [3.63, 3.8) is 0 Å². The molecule has 2 N–H and O–H groups in total. The van der Waals surface area contributed by atoms with E-state index in [1.54, 1.807) is 4.90 Å². The van der Waals surface area contributed by atoms with E-state index in [-0.39, 0.29) is 11.6 Å². The average Bonchev–Trinajstić information content (AvgIpc) is 2.53. The largest absolute Gasteiger partial charge is 0.352 e. The molecule has 2 rings (SSSR count). The van der Waals surface area contributed by atoms with Gasteiger partial charge >= 0.3 is 0 Å². The molecule has 0 spiro atoms. The van der Waals surface area contributed by atoms with Crippen LogP contribution in [-0.4, -0.2) is 37.0 Å². The zero-order valence-electron chi connectivity index (χ0n) is 13.0. The number of carbonyl (C=O) groups excluding carboxylic acids is 1. The lowest BCUT2D eigenvalue weighted by Crippen LogP contribution is -3.13. The second-order valence-electron chi connectivity index (χ2n) is 6.10. The summed E-state index contributed by atoms with van der Waals surface area (Å²) in [6.45, 7) is 6.51. The lowest BCUT2D eigenvalue weighted by Gasteiger charge is -2.27. The Morgan fingerprint density at radius 1 is 1.32 bits per heavy atom. The molecule has 6 nitrogen and oxygen atoms in total. The van der Waals surface area contributed by atoms with Gasteiger partial charge < -0.3 is 10.2 Å². The van der Waals surface area contributed by atoms with Gasteiger partial charge in [-0.1, -0.05) is 6.92 Å². The summed E-state index contributed by atoms with van der Waals surface area (Å²) in [5.41, 5.74) is 0.462. The number of amides is 1. The normalized spacial score (nSPS) is 21.3. The van der Waals surface area contributed by atoms with Crippen molar-refractivity contribution in [1.82, 2.24) is 5.32 Å². The van der Waals surface area contributed by atoms with Gasteiger partial charge in [0, 0.05) is 30.7 Å². The van der Waals surface area contributed by atoms with Crippen molar-refractivity contribution in [2.75, 3.05) is 26.2 Å². The van der Waals surface area contributed by atoms with E-state index in [9.17, 15) is 14.9 Å². The molecule has 1 aromatic rings. The molecule has 1 aromatic carbocycles. The number of hydrogen-bond acceptors (Lipinski definition) is 3. The predicted octanol–water partition coefficient (Wildman–Crippen LogP) is 1.03. The Kier molecular flexibility index (Phi) is 5.89. The highest BCUT2D eigenvalue weighted by Gasteiger charge is 2.18. The number of carbonyl (C=O) groups is 1. The van der Waals surface area contributed by atoms with Gasteiger partial charge in [-0.3, -0.25) is 14.9 Å². The van der Waals surface area contributed by atoms with E-state index in [1.807, 2.05) is 0 Å². The molecule has 120 valence electrons. The Morgan fingerprint density at radius 2 is 1.95 bits per heavy atom. The number of nitro groups is 1. The van der Waals surface area contributed by atoms with Gasteiger partial charge in [0.2, 0.25) is 0 Å².